The summed E-state index contributed by atoms with van der Waals surface area (Å²) in [7, 11) is 0. The minimum absolute atomic E-state index is 0.873. The van der Waals surface area contributed by atoms with Gasteiger partial charge in [0.1, 0.15) is 0 Å². The molecule has 0 aliphatic carbocycles. The zero-order valence-electron chi connectivity index (χ0n) is 20.7. The molecule has 0 N–H and O–H groups in total. The lowest BCUT2D eigenvalue weighted by atomic mass is 10.4. The first-order valence-electron chi connectivity index (χ1n) is 12.9. The maximum absolute atomic E-state index is 9.50. The molecule has 0 aliphatic rings. The van der Waals surface area contributed by atoms with Gasteiger partial charge in [0.25, 0.3) is 0 Å². The molecule has 0 radical (unpaired) electrons. The van der Waals surface area contributed by atoms with E-state index in [-0.39, 0.29) is 0 Å². The summed E-state index contributed by atoms with van der Waals surface area (Å²) < 4.78 is 0. The van der Waals surface area contributed by atoms with Crippen molar-refractivity contribution in [3.05, 3.63) is 0 Å². The van der Waals surface area contributed by atoms with Crippen molar-refractivity contribution in [2.45, 2.75) is 112 Å². The van der Waals surface area contributed by atoms with Crippen molar-refractivity contribution in [1.29, 1.82) is 5.26 Å². The summed E-state index contributed by atoms with van der Waals surface area (Å²) in [4.78, 5) is 0. The molecular weight excluding hydrogens is 388 g/mol. The van der Waals surface area contributed by atoms with Crippen LogP contribution in [-0.4, -0.2) is 48.6 Å². The molecule has 0 spiro atoms. The number of nitriles is 1. The Kier molecular flexibility index (Phi) is 18.9. The highest BCUT2D eigenvalue weighted by Crippen LogP contribution is 2.51. The minimum Gasteiger partial charge on any atom is -0.193 e. The predicted molar refractivity (Wildman–Crippen MR) is 145 cm³/mol. The van der Waals surface area contributed by atoms with Crippen LogP contribution in [0.1, 0.15) is 112 Å². The van der Waals surface area contributed by atoms with Crippen LogP contribution in [0, 0.1) is 11.3 Å². The maximum Gasteiger partial charge on any atom is 0.0913 e. The van der Waals surface area contributed by atoms with E-state index in [1.54, 1.807) is 0 Å². The van der Waals surface area contributed by atoms with E-state index in [9.17, 15) is 5.26 Å². The van der Waals surface area contributed by atoms with E-state index in [0.717, 1.165) is 0 Å². The van der Waals surface area contributed by atoms with Crippen LogP contribution in [0.2, 0.25) is 0 Å². The first-order chi connectivity index (χ1) is 14.1. The summed E-state index contributed by atoms with van der Waals surface area (Å²) in [6.45, 7) is 9.61. The van der Waals surface area contributed by atoms with Crippen molar-refractivity contribution in [3.63, 3.8) is 0 Å². The van der Waals surface area contributed by atoms with Crippen LogP contribution in [0.5, 0.6) is 0 Å². The van der Waals surface area contributed by atoms with E-state index < -0.39 is 13.8 Å². The summed E-state index contributed by atoms with van der Waals surface area (Å²) in [5.74, 6) is 5.00. The standard InChI is InChI=1S/C26H53NP2/c1-6-11-19-28(20-12-7-2,21-13-8-3)24-16-17-25-29(26-18-27,22-14-9-4)23-15-10-5/h24,26H,6-17,19-23,25H2,1-5H3. The summed E-state index contributed by atoms with van der Waals surface area (Å²) in [5, 5.41) is 9.50. The fourth-order valence-electron chi connectivity index (χ4n) is 4.40. The molecule has 3 heteroatoms. The molecule has 0 amide bonds. The lowest BCUT2D eigenvalue weighted by Gasteiger charge is -2.28. The van der Waals surface area contributed by atoms with Gasteiger partial charge in [-0.1, -0.05) is 79.4 Å². The van der Waals surface area contributed by atoms with Gasteiger partial charge in [-0.25, -0.2) is 0 Å². The SMILES string of the molecule is CCCCP(=CCCCP(=CC#N)(CCCC)CCCC)(CCCC)CCCC. The summed E-state index contributed by atoms with van der Waals surface area (Å²) in [5.41, 5.74) is 0. The first-order valence-corrected chi connectivity index (χ1v) is 17.7. The van der Waals surface area contributed by atoms with Crippen LogP contribution >= 0.6 is 13.8 Å². The number of unbranched alkanes of at least 4 members (excludes halogenated alkanes) is 6. The van der Waals surface area contributed by atoms with Gasteiger partial charge < -0.3 is 0 Å². The average molecular weight is 442 g/mol. The molecule has 1 nitrogen and oxygen atoms in total. The molecule has 0 aromatic rings. The third-order valence-electron chi connectivity index (χ3n) is 6.44. The topological polar surface area (TPSA) is 23.8 Å². The fraction of sp³-hybridized carbons (Fsp3) is 0.885. The number of nitrogens with zero attached hydrogens (tertiary/aromatic N) is 1. The second kappa shape index (κ2) is 18.8. The van der Waals surface area contributed by atoms with Crippen molar-refractivity contribution in [2.24, 2.45) is 0 Å². The van der Waals surface area contributed by atoms with Gasteiger partial charge in [0, 0.05) is 5.80 Å². The van der Waals surface area contributed by atoms with Crippen LogP contribution in [-0.2, 0) is 0 Å². The van der Waals surface area contributed by atoms with Gasteiger partial charge in [-0.3, -0.25) is 0 Å². The van der Waals surface area contributed by atoms with Crippen molar-refractivity contribution in [2.75, 3.05) is 37.0 Å². The van der Waals surface area contributed by atoms with E-state index in [1.807, 2.05) is 0 Å². The molecule has 29 heavy (non-hydrogen) atoms. The number of hydrogen-bond acceptors (Lipinski definition) is 1. The zero-order valence-corrected chi connectivity index (χ0v) is 22.5. The quantitative estimate of drug-likeness (QED) is 0.145. The molecule has 0 aromatic carbocycles. The number of rotatable bonds is 19. The zero-order chi connectivity index (χ0) is 21.8. The van der Waals surface area contributed by atoms with Gasteiger partial charge in [0.2, 0.25) is 0 Å². The van der Waals surface area contributed by atoms with Crippen molar-refractivity contribution >= 4 is 25.4 Å². The third kappa shape index (κ3) is 13.2. The Morgan fingerprint density at radius 1 is 0.552 bits per heavy atom. The van der Waals surface area contributed by atoms with Gasteiger partial charge in [0.15, 0.2) is 0 Å². The second-order valence-electron chi connectivity index (χ2n) is 9.13. The first kappa shape index (κ1) is 29.1. The van der Waals surface area contributed by atoms with Crippen molar-refractivity contribution in [1.82, 2.24) is 0 Å². The van der Waals surface area contributed by atoms with Gasteiger partial charge in [-0.05, 0) is 81.9 Å². The highest BCUT2D eigenvalue weighted by molar-refractivity contribution is 7.75. The molecule has 0 aromatic heterocycles. The number of hydrogen-bond donors (Lipinski definition) is 0. The van der Waals surface area contributed by atoms with Crippen LogP contribution < -0.4 is 0 Å². The Bertz CT molecular complexity index is 487. The molecule has 0 fully saturated rings. The van der Waals surface area contributed by atoms with Crippen LogP contribution in [0.25, 0.3) is 0 Å². The van der Waals surface area contributed by atoms with Gasteiger partial charge in [0.05, 0.1) is 6.07 Å². The summed E-state index contributed by atoms with van der Waals surface area (Å²) in [6, 6.07) is 2.49. The van der Waals surface area contributed by atoms with E-state index >= 15 is 0 Å². The second-order valence-corrected chi connectivity index (χ2v) is 17.3. The summed E-state index contributed by atoms with van der Waals surface area (Å²) >= 11 is 0. The van der Waals surface area contributed by atoms with E-state index in [4.69, 9.17) is 0 Å². The Morgan fingerprint density at radius 3 is 1.24 bits per heavy atom. The van der Waals surface area contributed by atoms with E-state index in [0.29, 0.717) is 0 Å². The molecule has 0 unspecified atom stereocenters. The normalized spacial score (nSPS) is 12.0. The third-order valence-corrected chi connectivity index (χ3v) is 15.4. The summed E-state index contributed by atoms with van der Waals surface area (Å²) in [6.07, 6.45) is 24.5. The lowest BCUT2D eigenvalue weighted by Crippen LogP contribution is -2.07. The molecule has 0 heterocycles. The minimum atomic E-state index is -1.17. The monoisotopic (exact) mass is 441 g/mol. The largest absolute Gasteiger partial charge is 0.193 e. The Morgan fingerprint density at radius 2 is 0.897 bits per heavy atom. The Balaban J connectivity index is 5.32. The van der Waals surface area contributed by atoms with E-state index in [1.165, 1.54) is 114 Å². The molecule has 0 atom stereocenters. The van der Waals surface area contributed by atoms with Gasteiger partial charge in [-0.15, -0.1) is 6.89 Å². The van der Waals surface area contributed by atoms with Crippen molar-refractivity contribution in [3.8, 4) is 6.07 Å². The smallest absolute Gasteiger partial charge is 0.0913 e. The van der Waals surface area contributed by atoms with Crippen molar-refractivity contribution < 1.29 is 0 Å². The Hall–Kier alpha value is 0.0900. The highest BCUT2D eigenvalue weighted by Gasteiger charge is 2.18. The van der Waals surface area contributed by atoms with E-state index in [2.05, 4.69) is 52.3 Å². The molecule has 0 saturated carbocycles. The van der Waals surface area contributed by atoms with Crippen LogP contribution in [0.3, 0.4) is 0 Å². The molecule has 0 saturated heterocycles. The highest BCUT2D eigenvalue weighted by atomic mass is 31.2. The molecular formula is C26H53NP2. The van der Waals surface area contributed by atoms with Gasteiger partial charge >= 0.3 is 0 Å². The molecule has 172 valence electrons. The fourth-order valence-corrected chi connectivity index (χ4v) is 13.2. The lowest BCUT2D eigenvalue weighted by molar-refractivity contribution is 0.844. The molecule has 0 bridgehead atoms. The Labute approximate surface area is 185 Å². The molecule has 0 rings (SSSR count). The average Bonchev–Trinajstić information content (AvgIpc) is 2.74. The van der Waals surface area contributed by atoms with Crippen LogP contribution in [0.4, 0.5) is 0 Å². The predicted octanol–water partition coefficient (Wildman–Crippen LogP) is 8.93. The van der Waals surface area contributed by atoms with Gasteiger partial charge in [-0.2, -0.15) is 5.26 Å². The maximum atomic E-state index is 9.50. The molecule has 0 aliphatic heterocycles. The van der Waals surface area contributed by atoms with Crippen LogP contribution in [0.15, 0.2) is 0 Å².